The van der Waals surface area contributed by atoms with Crippen LogP contribution in [0.3, 0.4) is 0 Å². The number of hydrogen-bond acceptors (Lipinski definition) is 2. The van der Waals surface area contributed by atoms with Crippen molar-refractivity contribution in [2.45, 2.75) is 13.0 Å². The van der Waals surface area contributed by atoms with E-state index in [9.17, 15) is 13.6 Å². The lowest BCUT2D eigenvalue weighted by Gasteiger charge is -2.09. The first-order valence-electron chi connectivity index (χ1n) is 6.65. The summed E-state index contributed by atoms with van der Waals surface area (Å²) in [6.07, 6.45) is 0.139. The van der Waals surface area contributed by atoms with Crippen LogP contribution in [0.5, 0.6) is 0 Å². The largest absolute Gasteiger partial charge is 0.380 e. The molecule has 0 aromatic heterocycles. The SMILES string of the molecule is O=C(CCNc1c(F)cccc1F)NCc1ccccc1. The van der Waals surface area contributed by atoms with Crippen LogP contribution >= 0.6 is 0 Å². The van der Waals surface area contributed by atoms with E-state index in [1.807, 2.05) is 30.3 Å². The van der Waals surface area contributed by atoms with Gasteiger partial charge in [-0.25, -0.2) is 8.78 Å². The number of nitrogens with one attached hydrogen (secondary N) is 2. The van der Waals surface area contributed by atoms with E-state index in [4.69, 9.17) is 0 Å². The van der Waals surface area contributed by atoms with Gasteiger partial charge >= 0.3 is 0 Å². The van der Waals surface area contributed by atoms with Crippen LogP contribution in [-0.2, 0) is 11.3 Å². The molecule has 0 saturated heterocycles. The number of carbonyl (C=O) groups excluding carboxylic acids is 1. The highest BCUT2D eigenvalue weighted by atomic mass is 19.1. The molecular weight excluding hydrogens is 274 g/mol. The molecule has 0 fully saturated rings. The van der Waals surface area contributed by atoms with Crippen LogP contribution in [-0.4, -0.2) is 12.5 Å². The number of rotatable bonds is 6. The second kappa shape index (κ2) is 7.38. The van der Waals surface area contributed by atoms with E-state index < -0.39 is 11.6 Å². The van der Waals surface area contributed by atoms with Gasteiger partial charge in [-0.15, -0.1) is 0 Å². The van der Waals surface area contributed by atoms with Crippen LogP contribution in [0.25, 0.3) is 0 Å². The summed E-state index contributed by atoms with van der Waals surface area (Å²) in [5, 5.41) is 5.35. The molecule has 3 nitrogen and oxygen atoms in total. The number of hydrogen-bond donors (Lipinski definition) is 2. The second-order valence-electron chi connectivity index (χ2n) is 4.54. The van der Waals surface area contributed by atoms with Crippen molar-refractivity contribution < 1.29 is 13.6 Å². The first kappa shape index (κ1) is 15.0. The summed E-state index contributed by atoms with van der Waals surface area (Å²) < 4.78 is 26.7. The van der Waals surface area contributed by atoms with Gasteiger partial charge in [0.1, 0.15) is 17.3 Å². The maximum atomic E-state index is 13.3. The molecule has 2 aromatic carbocycles. The number of halogens is 2. The Labute approximate surface area is 122 Å². The van der Waals surface area contributed by atoms with Gasteiger partial charge in [0.25, 0.3) is 0 Å². The van der Waals surface area contributed by atoms with Gasteiger partial charge in [0.05, 0.1) is 0 Å². The van der Waals surface area contributed by atoms with Gasteiger partial charge in [0, 0.05) is 19.5 Å². The van der Waals surface area contributed by atoms with Crippen molar-refractivity contribution in [3.05, 3.63) is 65.7 Å². The summed E-state index contributed by atoms with van der Waals surface area (Å²) in [4.78, 5) is 11.6. The standard InChI is InChI=1S/C16H16F2N2O/c17-13-7-4-8-14(18)16(13)19-10-9-15(21)20-11-12-5-2-1-3-6-12/h1-8,19H,9-11H2,(H,20,21). The molecule has 1 amide bonds. The lowest BCUT2D eigenvalue weighted by atomic mass is 10.2. The van der Waals surface area contributed by atoms with E-state index >= 15 is 0 Å². The van der Waals surface area contributed by atoms with Crippen LogP contribution < -0.4 is 10.6 Å². The smallest absolute Gasteiger partial charge is 0.222 e. The third-order valence-corrected chi connectivity index (χ3v) is 2.95. The van der Waals surface area contributed by atoms with Gasteiger partial charge in [-0.3, -0.25) is 4.79 Å². The Morgan fingerprint density at radius 3 is 2.29 bits per heavy atom. The summed E-state index contributed by atoms with van der Waals surface area (Å²) in [7, 11) is 0. The molecule has 2 aromatic rings. The first-order chi connectivity index (χ1) is 10.2. The van der Waals surface area contributed by atoms with Crippen molar-refractivity contribution in [1.29, 1.82) is 0 Å². The highest BCUT2D eigenvalue weighted by molar-refractivity contribution is 5.76. The molecule has 0 aliphatic heterocycles. The van der Waals surface area contributed by atoms with Crippen LogP contribution in [0.4, 0.5) is 14.5 Å². The van der Waals surface area contributed by atoms with Crippen molar-refractivity contribution in [2.75, 3.05) is 11.9 Å². The fraction of sp³-hybridized carbons (Fsp3) is 0.188. The zero-order valence-electron chi connectivity index (χ0n) is 11.4. The highest BCUT2D eigenvalue weighted by Crippen LogP contribution is 2.17. The number of anilines is 1. The maximum absolute atomic E-state index is 13.3. The predicted molar refractivity (Wildman–Crippen MR) is 77.8 cm³/mol. The Morgan fingerprint density at radius 2 is 1.62 bits per heavy atom. The fourth-order valence-corrected chi connectivity index (χ4v) is 1.85. The molecule has 0 radical (unpaired) electrons. The lowest BCUT2D eigenvalue weighted by Crippen LogP contribution is -2.25. The summed E-state index contributed by atoms with van der Waals surface area (Å²) in [6, 6.07) is 13.1. The van der Waals surface area contributed by atoms with Crippen molar-refractivity contribution in [2.24, 2.45) is 0 Å². The summed E-state index contributed by atoms with van der Waals surface area (Å²) >= 11 is 0. The van der Waals surface area contributed by atoms with E-state index in [-0.39, 0.29) is 24.6 Å². The normalized spacial score (nSPS) is 10.2. The quantitative estimate of drug-likeness (QED) is 0.858. The molecule has 21 heavy (non-hydrogen) atoms. The van der Waals surface area contributed by atoms with Gasteiger partial charge in [0.15, 0.2) is 0 Å². The zero-order chi connectivity index (χ0) is 15.1. The number of carbonyl (C=O) groups is 1. The van der Waals surface area contributed by atoms with Crippen LogP contribution in [0.15, 0.2) is 48.5 Å². The Morgan fingerprint density at radius 1 is 0.952 bits per heavy atom. The molecule has 0 unspecified atom stereocenters. The summed E-state index contributed by atoms with van der Waals surface area (Å²) in [5.41, 5.74) is 0.798. The minimum Gasteiger partial charge on any atom is -0.380 e. The zero-order valence-corrected chi connectivity index (χ0v) is 11.4. The third kappa shape index (κ3) is 4.56. The number of para-hydroxylation sites is 1. The van der Waals surface area contributed by atoms with E-state index in [0.717, 1.165) is 5.56 Å². The Kier molecular flexibility index (Phi) is 5.26. The van der Waals surface area contributed by atoms with Gasteiger partial charge in [-0.05, 0) is 17.7 Å². The molecule has 0 bridgehead atoms. The minimum absolute atomic E-state index is 0.139. The molecule has 0 aliphatic rings. The Hall–Kier alpha value is -2.43. The molecule has 5 heteroatoms. The van der Waals surface area contributed by atoms with Crippen molar-refractivity contribution in [3.8, 4) is 0 Å². The summed E-state index contributed by atoms with van der Waals surface area (Å²) in [6.45, 7) is 0.603. The molecule has 0 atom stereocenters. The molecule has 0 spiro atoms. The fourth-order valence-electron chi connectivity index (χ4n) is 1.85. The average molecular weight is 290 g/mol. The van der Waals surface area contributed by atoms with Gasteiger partial charge in [0.2, 0.25) is 5.91 Å². The Balaban J connectivity index is 1.75. The van der Waals surface area contributed by atoms with Crippen molar-refractivity contribution in [1.82, 2.24) is 5.32 Å². The molecular formula is C16H16F2N2O. The van der Waals surface area contributed by atoms with E-state index in [1.54, 1.807) is 0 Å². The molecule has 2 N–H and O–H groups in total. The van der Waals surface area contributed by atoms with Gasteiger partial charge in [-0.2, -0.15) is 0 Å². The molecule has 0 saturated carbocycles. The third-order valence-electron chi connectivity index (χ3n) is 2.95. The van der Waals surface area contributed by atoms with E-state index in [0.29, 0.717) is 6.54 Å². The summed E-state index contributed by atoms with van der Waals surface area (Å²) in [5.74, 6) is -1.51. The maximum Gasteiger partial charge on any atom is 0.222 e. The number of benzene rings is 2. The average Bonchev–Trinajstić information content (AvgIpc) is 2.49. The second-order valence-corrected chi connectivity index (χ2v) is 4.54. The lowest BCUT2D eigenvalue weighted by molar-refractivity contribution is -0.121. The van der Waals surface area contributed by atoms with Crippen molar-refractivity contribution in [3.63, 3.8) is 0 Å². The van der Waals surface area contributed by atoms with Gasteiger partial charge < -0.3 is 10.6 Å². The molecule has 110 valence electrons. The molecule has 0 heterocycles. The monoisotopic (exact) mass is 290 g/mol. The van der Waals surface area contributed by atoms with Crippen LogP contribution in [0, 0.1) is 11.6 Å². The van der Waals surface area contributed by atoms with Crippen LogP contribution in [0.1, 0.15) is 12.0 Å². The first-order valence-corrected chi connectivity index (χ1v) is 6.65. The highest BCUT2D eigenvalue weighted by Gasteiger charge is 2.08. The van der Waals surface area contributed by atoms with Crippen molar-refractivity contribution >= 4 is 11.6 Å². The Bertz CT molecular complexity index is 582. The topological polar surface area (TPSA) is 41.1 Å². The van der Waals surface area contributed by atoms with E-state index in [2.05, 4.69) is 10.6 Å². The molecule has 0 aliphatic carbocycles. The minimum atomic E-state index is -0.667. The van der Waals surface area contributed by atoms with E-state index in [1.165, 1.54) is 18.2 Å². The predicted octanol–water partition coefficient (Wildman–Crippen LogP) is 3.08. The van der Waals surface area contributed by atoms with Crippen LogP contribution in [0.2, 0.25) is 0 Å². The van der Waals surface area contributed by atoms with Gasteiger partial charge in [-0.1, -0.05) is 36.4 Å². The molecule has 2 rings (SSSR count). The number of amides is 1.